The van der Waals surface area contributed by atoms with Gasteiger partial charge in [-0.15, -0.1) is 11.3 Å². The number of hydrogen-bond acceptors (Lipinski definition) is 5. The molecule has 3 rings (SSSR count). The smallest absolute Gasteiger partial charge is 0.246 e. The predicted molar refractivity (Wildman–Crippen MR) is 71.7 cm³/mol. The summed E-state index contributed by atoms with van der Waals surface area (Å²) in [5.41, 5.74) is 5.22. The maximum absolute atomic E-state index is 11.8. The van der Waals surface area contributed by atoms with Crippen LogP contribution in [0.1, 0.15) is 36.5 Å². The topological polar surface area (TPSA) is 80.0 Å². The van der Waals surface area contributed by atoms with Crippen molar-refractivity contribution in [2.75, 3.05) is 18.4 Å². The zero-order chi connectivity index (χ0) is 12.6. The lowest BCUT2D eigenvalue weighted by Gasteiger charge is -2.20. The van der Waals surface area contributed by atoms with Crippen LogP contribution in [0.4, 0.5) is 5.13 Å². The van der Waals surface area contributed by atoms with Crippen LogP contribution < -0.4 is 16.4 Å². The molecule has 1 saturated carbocycles. The molecule has 2 aliphatic rings. The van der Waals surface area contributed by atoms with Crippen molar-refractivity contribution in [3.63, 3.8) is 0 Å². The van der Waals surface area contributed by atoms with Crippen LogP contribution in [0, 0.1) is 0 Å². The van der Waals surface area contributed by atoms with E-state index in [4.69, 9.17) is 5.73 Å². The number of nitrogens with two attached hydrogens (primary N) is 1. The number of nitrogens with zero attached hydrogens (tertiary/aromatic N) is 1. The van der Waals surface area contributed by atoms with Gasteiger partial charge in [-0.1, -0.05) is 0 Å². The number of aromatic nitrogens is 1. The number of anilines is 1. The first kappa shape index (κ1) is 12.1. The van der Waals surface area contributed by atoms with E-state index in [0.29, 0.717) is 11.0 Å². The number of piperidine rings is 1. The van der Waals surface area contributed by atoms with E-state index in [1.807, 2.05) is 6.20 Å². The summed E-state index contributed by atoms with van der Waals surface area (Å²) in [5, 5.41) is 6.87. The Bertz CT molecular complexity index is 449. The van der Waals surface area contributed by atoms with Crippen LogP contribution in [0.3, 0.4) is 0 Å². The van der Waals surface area contributed by atoms with Gasteiger partial charge in [0.1, 0.15) is 0 Å². The number of nitrogens with one attached hydrogen (secondary N) is 2. The standard InChI is InChI=1S/C12H18N4OS/c13-12(3-4-12)10(17)16-11-15-7-9(18-11)8-1-5-14-6-2-8/h7-8,14H,1-6,13H2,(H,15,16,17). The molecule has 1 aliphatic carbocycles. The summed E-state index contributed by atoms with van der Waals surface area (Å²) in [6, 6.07) is 0. The first-order valence-electron chi connectivity index (χ1n) is 6.44. The first-order valence-corrected chi connectivity index (χ1v) is 7.26. The fourth-order valence-electron chi connectivity index (χ4n) is 2.22. The van der Waals surface area contributed by atoms with Crippen LogP contribution in [-0.2, 0) is 4.79 Å². The maximum Gasteiger partial charge on any atom is 0.246 e. The summed E-state index contributed by atoms with van der Waals surface area (Å²) in [7, 11) is 0. The number of rotatable bonds is 3. The SMILES string of the molecule is NC1(C(=O)Nc2ncc(C3CCNCC3)s2)CC1. The van der Waals surface area contributed by atoms with Crippen LogP contribution in [0.5, 0.6) is 0 Å². The molecule has 0 spiro atoms. The highest BCUT2D eigenvalue weighted by atomic mass is 32.1. The molecule has 0 unspecified atom stereocenters. The lowest BCUT2D eigenvalue weighted by Crippen LogP contribution is -2.37. The minimum Gasteiger partial charge on any atom is -0.317 e. The Balaban J connectivity index is 1.64. The highest BCUT2D eigenvalue weighted by molar-refractivity contribution is 7.15. The molecule has 1 aromatic rings. The molecule has 1 saturated heterocycles. The third-order valence-electron chi connectivity index (χ3n) is 3.73. The zero-order valence-electron chi connectivity index (χ0n) is 10.2. The highest BCUT2D eigenvalue weighted by Gasteiger charge is 2.46. The molecule has 0 aromatic carbocycles. The summed E-state index contributed by atoms with van der Waals surface area (Å²) >= 11 is 1.59. The van der Waals surface area contributed by atoms with E-state index in [1.165, 1.54) is 4.88 Å². The van der Waals surface area contributed by atoms with Gasteiger partial charge in [0.15, 0.2) is 5.13 Å². The molecule has 98 valence electrons. The molecule has 1 amide bonds. The molecular formula is C12H18N4OS. The molecule has 0 radical (unpaired) electrons. The van der Waals surface area contributed by atoms with Crippen LogP contribution >= 0.6 is 11.3 Å². The number of amides is 1. The third kappa shape index (κ3) is 2.41. The van der Waals surface area contributed by atoms with Crippen molar-refractivity contribution < 1.29 is 4.79 Å². The maximum atomic E-state index is 11.8. The number of thiazole rings is 1. The van der Waals surface area contributed by atoms with Crippen molar-refractivity contribution in [1.82, 2.24) is 10.3 Å². The van der Waals surface area contributed by atoms with Gasteiger partial charge in [-0.05, 0) is 44.7 Å². The molecule has 6 heteroatoms. The van der Waals surface area contributed by atoms with Crippen molar-refractivity contribution in [3.05, 3.63) is 11.1 Å². The summed E-state index contributed by atoms with van der Waals surface area (Å²) in [5.74, 6) is 0.496. The summed E-state index contributed by atoms with van der Waals surface area (Å²) < 4.78 is 0. The van der Waals surface area contributed by atoms with Gasteiger partial charge >= 0.3 is 0 Å². The molecule has 18 heavy (non-hydrogen) atoms. The van der Waals surface area contributed by atoms with Gasteiger partial charge in [-0.2, -0.15) is 0 Å². The molecule has 1 aliphatic heterocycles. The fourth-order valence-corrected chi connectivity index (χ4v) is 3.20. The molecule has 0 atom stereocenters. The second-order valence-corrected chi connectivity index (χ2v) is 6.26. The van der Waals surface area contributed by atoms with E-state index in [-0.39, 0.29) is 5.91 Å². The molecule has 0 bridgehead atoms. The van der Waals surface area contributed by atoms with E-state index >= 15 is 0 Å². The molecular weight excluding hydrogens is 248 g/mol. The van der Waals surface area contributed by atoms with Crippen molar-refractivity contribution in [3.8, 4) is 0 Å². The quantitative estimate of drug-likeness (QED) is 0.763. The Morgan fingerprint density at radius 3 is 2.89 bits per heavy atom. The molecule has 2 heterocycles. The Labute approximate surface area is 110 Å². The second kappa shape index (κ2) is 4.60. The predicted octanol–water partition coefficient (Wildman–Crippen LogP) is 1.04. The molecule has 1 aromatic heterocycles. The Morgan fingerprint density at radius 2 is 2.22 bits per heavy atom. The van der Waals surface area contributed by atoms with Gasteiger partial charge < -0.3 is 16.4 Å². The Hall–Kier alpha value is -0.980. The zero-order valence-corrected chi connectivity index (χ0v) is 11.1. The largest absolute Gasteiger partial charge is 0.317 e. The average Bonchev–Trinajstić information content (AvgIpc) is 2.98. The highest BCUT2D eigenvalue weighted by Crippen LogP contribution is 2.35. The van der Waals surface area contributed by atoms with E-state index in [2.05, 4.69) is 15.6 Å². The van der Waals surface area contributed by atoms with Crippen LogP contribution in [0.2, 0.25) is 0 Å². The normalized spacial score (nSPS) is 22.7. The summed E-state index contributed by atoms with van der Waals surface area (Å²) in [6.45, 7) is 2.13. The van der Waals surface area contributed by atoms with Gasteiger partial charge in [-0.3, -0.25) is 4.79 Å². The van der Waals surface area contributed by atoms with Crippen molar-refractivity contribution in [2.24, 2.45) is 5.73 Å². The van der Waals surface area contributed by atoms with E-state index < -0.39 is 5.54 Å². The van der Waals surface area contributed by atoms with Crippen LogP contribution in [0.25, 0.3) is 0 Å². The Kier molecular flexibility index (Phi) is 3.09. The molecule has 5 nitrogen and oxygen atoms in total. The van der Waals surface area contributed by atoms with E-state index in [9.17, 15) is 4.79 Å². The van der Waals surface area contributed by atoms with E-state index in [0.717, 1.165) is 38.8 Å². The minimum absolute atomic E-state index is 0.0892. The molecule has 4 N–H and O–H groups in total. The van der Waals surface area contributed by atoms with Gasteiger partial charge in [0, 0.05) is 11.1 Å². The number of hydrogen-bond donors (Lipinski definition) is 3. The van der Waals surface area contributed by atoms with Gasteiger partial charge in [0.05, 0.1) is 5.54 Å². The van der Waals surface area contributed by atoms with E-state index in [1.54, 1.807) is 11.3 Å². The van der Waals surface area contributed by atoms with Crippen LogP contribution in [-0.4, -0.2) is 29.5 Å². The summed E-state index contributed by atoms with van der Waals surface area (Å²) in [4.78, 5) is 17.4. The second-order valence-electron chi connectivity index (χ2n) is 5.20. The van der Waals surface area contributed by atoms with Gasteiger partial charge in [-0.25, -0.2) is 4.98 Å². The third-order valence-corrected chi connectivity index (χ3v) is 4.80. The fraction of sp³-hybridized carbons (Fsp3) is 0.667. The average molecular weight is 266 g/mol. The van der Waals surface area contributed by atoms with Crippen LogP contribution in [0.15, 0.2) is 6.20 Å². The number of carbonyl (C=O) groups is 1. The lowest BCUT2D eigenvalue weighted by atomic mass is 9.97. The van der Waals surface area contributed by atoms with Gasteiger partial charge in [0.2, 0.25) is 5.91 Å². The Morgan fingerprint density at radius 1 is 1.50 bits per heavy atom. The summed E-state index contributed by atoms with van der Waals surface area (Å²) in [6.07, 6.45) is 5.76. The minimum atomic E-state index is -0.624. The van der Waals surface area contributed by atoms with Crippen molar-refractivity contribution in [2.45, 2.75) is 37.1 Å². The monoisotopic (exact) mass is 266 g/mol. The molecule has 2 fully saturated rings. The van der Waals surface area contributed by atoms with Crippen molar-refractivity contribution >= 4 is 22.4 Å². The lowest BCUT2D eigenvalue weighted by molar-refractivity contribution is -0.118. The number of carbonyl (C=O) groups excluding carboxylic acids is 1. The first-order chi connectivity index (χ1) is 8.67. The van der Waals surface area contributed by atoms with Crippen molar-refractivity contribution in [1.29, 1.82) is 0 Å². The van der Waals surface area contributed by atoms with Gasteiger partial charge in [0.25, 0.3) is 0 Å².